The zero-order valence-electron chi connectivity index (χ0n) is 15.5. The number of nitriles is 1. The molecule has 3 aromatic heterocycles. The fraction of sp³-hybridized carbons (Fsp3) is 0.353. The lowest BCUT2D eigenvalue weighted by Crippen LogP contribution is -2.55. The molecule has 0 radical (unpaired) electrons. The summed E-state index contributed by atoms with van der Waals surface area (Å²) in [7, 11) is 0. The van der Waals surface area contributed by atoms with Crippen LogP contribution in [0.3, 0.4) is 0 Å². The van der Waals surface area contributed by atoms with E-state index in [0.29, 0.717) is 20.8 Å². The molecule has 11 nitrogen and oxygen atoms in total. The van der Waals surface area contributed by atoms with Gasteiger partial charge in [0, 0.05) is 20.9 Å². The number of hydrogen-bond donors (Lipinski definition) is 4. The maximum Gasteiger partial charge on any atom is 0.304 e. The normalized spacial score (nSPS) is 26.0. The Morgan fingerprint density at radius 1 is 1.42 bits per heavy atom. The van der Waals surface area contributed by atoms with E-state index >= 15 is 0 Å². The van der Waals surface area contributed by atoms with Crippen molar-refractivity contribution in [2.24, 2.45) is 0 Å². The molecule has 0 saturated carbocycles. The minimum Gasteiger partial charge on any atom is -0.394 e. The predicted molar refractivity (Wildman–Crippen MR) is 113 cm³/mol. The van der Waals surface area contributed by atoms with Crippen LogP contribution in [-0.2, 0) is 4.74 Å². The molecule has 1 saturated heterocycles. The molecule has 1 fully saturated rings. The van der Waals surface area contributed by atoms with E-state index in [4.69, 9.17) is 4.74 Å². The molecule has 1 aliphatic heterocycles. The number of thioether (sulfide) groups is 1. The molecule has 0 spiro atoms. The van der Waals surface area contributed by atoms with Crippen LogP contribution < -0.4 is 4.87 Å². The van der Waals surface area contributed by atoms with Gasteiger partial charge in [-0.3, -0.25) is 4.79 Å². The molecule has 162 valence electrons. The molecule has 0 aliphatic carbocycles. The molecule has 4 heterocycles. The largest absolute Gasteiger partial charge is 0.394 e. The Balaban J connectivity index is 1.65. The third-order valence-electron chi connectivity index (χ3n) is 4.63. The van der Waals surface area contributed by atoms with Crippen molar-refractivity contribution in [3.63, 3.8) is 0 Å². The molecule has 31 heavy (non-hydrogen) atoms. The second-order valence-electron chi connectivity index (χ2n) is 6.57. The predicted octanol–water partition coefficient (Wildman–Crippen LogP) is 0.496. The Bertz CT molecular complexity index is 1180. The van der Waals surface area contributed by atoms with Crippen LogP contribution in [0.1, 0.15) is 11.7 Å². The summed E-state index contributed by atoms with van der Waals surface area (Å²) in [6.45, 7) is -0.497. The van der Waals surface area contributed by atoms with Crippen LogP contribution in [0.2, 0.25) is 0 Å². The van der Waals surface area contributed by atoms with Crippen LogP contribution in [-0.4, -0.2) is 70.6 Å². The molecule has 4 rings (SSSR count). The first-order chi connectivity index (χ1) is 14.9. The summed E-state index contributed by atoms with van der Waals surface area (Å²) >= 11 is 5.32. The highest BCUT2D eigenvalue weighted by Gasteiger charge is 2.46. The van der Waals surface area contributed by atoms with E-state index < -0.39 is 36.4 Å². The Hall–Kier alpha value is -2.12. The number of hydrogen-bond acceptors (Lipinski definition) is 11. The SMILES string of the molecule is N#Cc1ncc(Br)cc1S[C@H]1O[C@H](CO)[C@H](O)[C@H](n2cc(-c3csc(=O)[nH]3)nn2)[C@H]1O. The van der Waals surface area contributed by atoms with Crippen molar-refractivity contribution < 1.29 is 20.1 Å². The number of thiazole rings is 1. The maximum atomic E-state index is 11.4. The number of aromatic nitrogens is 5. The molecular weight excluding hydrogens is 512 g/mol. The third-order valence-corrected chi connectivity index (χ3v) is 6.92. The number of aliphatic hydroxyl groups is 3. The van der Waals surface area contributed by atoms with Crippen LogP contribution in [0.5, 0.6) is 0 Å². The quantitative estimate of drug-likeness (QED) is 0.366. The van der Waals surface area contributed by atoms with E-state index in [0.717, 1.165) is 23.1 Å². The summed E-state index contributed by atoms with van der Waals surface area (Å²) in [5.74, 6) is 0. The zero-order chi connectivity index (χ0) is 22.1. The summed E-state index contributed by atoms with van der Waals surface area (Å²) in [4.78, 5) is 18.3. The van der Waals surface area contributed by atoms with Crippen molar-refractivity contribution in [2.75, 3.05) is 6.61 Å². The first-order valence-electron chi connectivity index (χ1n) is 8.86. The van der Waals surface area contributed by atoms with Crippen molar-refractivity contribution in [2.45, 2.75) is 34.7 Å². The van der Waals surface area contributed by atoms with Gasteiger partial charge in [0.1, 0.15) is 41.6 Å². The van der Waals surface area contributed by atoms with Crippen molar-refractivity contribution in [3.05, 3.63) is 43.7 Å². The number of H-pyrrole nitrogens is 1. The summed E-state index contributed by atoms with van der Waals surface area (Å²) in [5, 5.41) is 50.3. The van der Waals surface area contributed by atoms with Gasteiger partial charge in [-0.2, -0.15) is 5.26 Å². The fourth-order valence-electron chi connectivity index (χ4n) is 3.15. The summed E-state index contributed by atoms with van der Waals surface area (Å²) in [6, 6.07) is 2.65. The van der Waals surface area contributed by atoms with Gasteiger partial charge in [0.15, 0.2) is 5.69 Å². The average Bonchev–Trinajstić information content (AvgIpc) is 3.39. The van der Waals surface area contributed by atoms with Crippen LogP contribution in [0.4, 0.5) is 0 Å². The zero-order valence-corrected chi connectivity index (χ0v) is 18.7. The van der Waals surface area contributed by atoms with E-state index in [1.165, 1.54) is 17.1 Å². The van der Waals surface area contributed by atoms with Crippen LogP contribution >= 0.6 is 39.0 Å². The van der Waals surface area contributed by atoms with Gasteiger partial charge in [0.2, 0.25) is 0 Å². The maximum absolute atomic E-state index is 11.4. The minimum atomic E-state index is -1.29. The van der Waals surface area contributed by atoms with Crippen molar-refractivity contribution in [1.82, 2.24) is 25.0 Å². The smallest absolute Gasteiger partial charge is 0.304 e. The lowest BCUT2D eigenvalue weighted by Gasteiger charge is -2.41. The monoisotopic (exact) mass is 526 g/mol. The number of nitrogens with zero attached hydrogens (tertiary/aromatic N) is 5. The number of halogens is 1. The van der Waals surface area contributed by atoms with E-state index in [2.05, 4.69) is 36.2 Å². The second kappa shape index (κ2) is 9.17. The van der Waals surface area contributed by atoms with E-state index in [9.17, 15) is 25.4 Å². The van der Waals surface area contributed by atoms with Gasteiger partial charge in [-0.25, -0.2) is 9.67 Å². The lowest BCUT2D eigenvalue weighted by atomic mass is 9.97. The van der Waals surface area contributed by atoms with Gasteiger partial charge < -0.3 is 25.0 Å². The molecule has 1 aliphatic rings. The molecule has 4 N–H and O–H groups in total. The summed E-state index contributed by atoms with van der Waals surface area (Å²) in [5.41, 5.74) is 0.0248. The first kappa shape index (κ1) is 22.1. The molecule has 0 amide bonds. The molecule has 0 unspecified atom stereocenters. The van der Waals surface area contributed by atoms with E-state index in [1.807, 2.05) is 6.07 Å². The summed E-state index contributed by atoms with van der Waals surface area (Å²) < 4.78 is 7.62. The molecule has 0 bridgehead atoms. The van der Waals surface area contributed by atoms with Gasteiger partial charge in [-0.05, 0) is 22.0 Å². The van der Waals surface area contributed by atoms with Crippen molar-refractivity contribution in [3.8, 4) is 17.5 Å². The van der Waals surface area contributed by atoms with Gasteiger partial charge in [0.05, 0.1) is 18.5 Å². The fourth-order valence-corrected chi connectivity index (χ4v) is 5.36. The highest BCUT2D eigenvalue weighted by Crippen LogP contribution is 2.39. The molecule has 5 atom stereocenters. The molecule has 0 aromatic carbocycles. The number of rotatable bonds is 5. The van der Waals surface area contributed by atoms with Crippen molar-refractivity contribution in [1.29, 1.82) is 5.26 Å². The minimum absolute atomic E-state index is 0.150. The Labute approximate surface area is 191 Å². The number of nitrogens with one attached hydrogen (secondary N) is 1. The van der Waals surface area contributed by atoms with Gasteiger partial charge in [-0.1, -0.05) is 28.3 Å². The molecular formula is C17H15BrN6O5S2. The third kappa shape index (κ3) is 4.44. The number of aliphatic hydroxyl groups excluding tert-OH is 3. The standard InChI is InChI=1S/C17H15BrN6O5S2/c18-7-1-12(8(2-19)20-3-7)31-16-15(27)13(14(26)11(5-25)29-16)24-4-9(22-23-24)10-6-30-17(28)21-10/h1,3-4,6,11,13-16,25-27H,5H2,(H,21,28)/t11-,13+,14+,15-,16-/m1/s1. The lowest BCUT2D eigenvalue weighted by molar-refractivity contribution is -0.178. The highest BCUT2D eigenvalue weighted by molar-refractivity contribution is 9.10. The van der Waals surface area contributed by atoms with Crippen molar-refractivity contribution >= 4 is 39.0 Å². The number of ether oxygens (including phenoxy) is 1. The highest BCUT2D eigenvalue weighted by atomic mass is 79.9. The van der Waals surface area contributed by atoms with Crippen LogP contribution in [0.15, 0.2) is 38.0 Å². The van der Waals surface area contributed by atoms with E-state index in [-0.39, 0.29) is 10.6 Å². The first-order valence-corrected chi connectivity index (χ1v) is 11.4. The number of pyridine rings is 1. The topological polar surface area (TPSA) is 170 Å². The Morgan fingerprint density at radius 3 is 2.90 bits per heavy atom. The average molecular weight is 527 g/mol. The Morgan fingerprint density at radius 2 is 2.23 bits per heavy atom. The van der Waals surface area contributed by atoms with E-state index in [1.54, 1.807) is 11.4 Å². The Kier molecular flexibility index (Phi) is 6.53. The van der Waals surface area contributed by atoms with Gasteiger partial charge >= 0.3 is 4.87 Å². The molecule has 14 heteroatoms. The van der Waals surface area contributed by atoms with Crippen LogP contribution in [0.25, 0.3) is 11.4 Å². The van der Waals surface area contributed by atoms with Gasteiger partial charge in [0.25, 0.3) is 0 Å². The second-order valence-corrected chi connectivity index (χ2v) is 9.47. The van der Waals surface area contributed by atoms with Crippen LogP contribution in [0, 0.1) is 11.3 Å². The van der Waals surface area contributed by atoms with Gasteiger partial charge in [-0.15, -0.1) is 5.10 Å². The summed E-state index contributed by atoms with van der Waals surface area (Å²) in [6.07, 6.45) is -0.605. The molecule has 3 aromatic rings. The number of aromatic amines is 1.